The molecule has 1 heterocycles. The Morgan fingerprint density at radius 2 is 1.84 bits per heavy atom. The summed E-state index contributed by atoms with van der Waals surface area (Å²) in [6, 6.07) is 9.10. The molecule has 0 bridgehead atoms. The quantitative estimate of drug-likeness (QED) is 0.854. The van der Waals surface area contributed by atoms with Gasteiger partial charge < -0.3 is 10.2 Å². The van der Waals surface area contributed by atoms with Gasteiger partial charge in [0.2, 0.25) is 11.8 Å². The highest BCUT2D eigenvalue weighted by atomic mass is 35.5. The molecule has 1 aliphatic heterocycles. The van der Waals surface area contributed by atoms with Crippen molar-refractivity contribution in [1.82, 2.24) is 10.2 Å². The number of nitrogens with one attached hydrogen (secondary N) is 1. The van der Waals surface area contributed by atoms with Crippen molar-refractivity contribution < 1.29 is 9.59 Å². The molecule has 1 atom stereocenters. The Hall–Kier alpha value is -1.55. The van der Waals surface area contributed by atoms with Crippen molar-refractivity contribution in [2.24, 2.45) is 0 Å². The Morgan fingerprint density at radius 3 is 2.47 bits per heavy atom. The maximum Gasteiger partial charge on any atom is 0.243 e. The first-order valence-electron chi connectivity index (χ1n) is 6.43. The number of carbonyl (C=O) groups is 2. The molecule has 0 aromatic heterocycles. The van der Waals surface area contributed by atoms with Crippen LogP contribution < -0.4 is 5.32 Å². The Labute approximate surface area is 117 Å². The minimum atomic E-state index is -0.757. The highest BCUT2D eigenvalue weighted by molar-refractivity contribution is 6.30. The second kappa shape index (κ2) is 6.57. The third-order valence-electron chi connectivity index (χ3n) is 3.20. The van der Waals surface area contributed by atoms with E-state index in [1.165, 1.54) is 0 Å². The number of hydrogen-bond donors (Lipinski definition) is 1. The maximum atomic E-state index is 11.8. The molecular weight excluding hydrogens is 264 g/mol. The van der Waals surface area contributed by atoms with Crippen LogP contribution in [0.3, 0.4) is 0 Å². The van der Waals surface area contributed by atoms with Crippen LogP contribution >= 0.6 is 11.6 Å². The van der Waals surface area contributed by atoms with Gasteiger partial charge >= 0.3 is 0 Å². The van der Waals surface area contributed by atoms with Crippen LogP contribution in [0.1, 0.15) is 23.8 Å². The molecular formula is C14H17ClN2O2. The summed E-state index contributed by atoms with van der Waals surface area (Å²) in [6.45, 7) is 1.60. The van der Waals surface area contributed by atoms with Crippen LogP contribution in [0.15, 0.2) is 30.3 Å². The van der Waals surface area contributed by atoms with Gasteiger partial charge in [0.1, 0.15) is 5.38 Å². The minimum absolute atomic E-state index is 0.0227. The van der Waals surface area contributed by atoms with Gasteiger partial charge in [0.15, 0.2) is 0 Å². The van der Waals surface area contributed by atoms with Crippen LogP contribution in [0.4, 0.5) is 0 Å². The Balaban J connectivity index is 1.82. The SMILES string of the molecule is O=C(NCC(=O)N1CCCC1)C(Cl)c1ccccc1. The van der Waals surface area contributed by atoms with Gasteiger partial charge in [-0.15, -0.1) is 11.6 Å². The second-order valence-electron chi connectivity index (χ2n) is 4.58. The number of halogens is 1. The lowest BCUT2D eigenvalue weighted by Crippen LogP contribution is -2.39. The summed E-state index contributed by atoms with van der Waals surface area (Å²) < 4.78 is 0. The van der Waals surface area contributed by atoms with Crippen molar-refractivity contribution in [3.8, 4) is 0 Å². The average Bonchev–Trinajstić information content (AvgIpc) is 2.98. The van der Waals surface area contributed by atoms with Crippen molar-refractivity contribution in [2.45, 2.75) is 18.2 Å². The van der Waals surface area contributed by atoms with Crippen molar-refractivity contribution in [3.63, 3.8) is 0 Å². The molecule has 0 radical (unpaired) electrons. The summed E-state index contributed by atoms with van der Waals surface area (Å²) in [5.41, 5.74) is 0.732. The first-order valence-corrected chi connectivity index (χ1v) is 6.86. The van der Waals surface area contributed by atoms with Crippen LogP contribution in [-0.4, -0.2) is 36.3 Å². The lowest BCUT2D eigenvalue weighted by Gasteiger charge is -2.16. The summed E-state index contributed by atoms with van der Waals surface area (Å²) in [6.07, 6.45) is 2.09. The van der Waals surface area contributed by atoms with Crippen LogP contribution in [-0.2, 0) is 9.59 Å². The van der Waals surface area contributed by atoms with E-state index in [0.29, 0.717) is 0 Å². The predicted molar refractivity (Wildman–Crippen MR) is 73.9 cm³/mol. The van der Waals surface area contributed by atoms with E-state index in [9.17, 15) is 9.59 Å². The Bertz CT molecular complexity index is 444. The van der Waals surface area contributed by atoms with E-state index >= 15 is 0 Å². The summed E-state index contributed by atoms with van der Waals surface area (Å²) in [5, 5.41) is 1.84. The number of hydrogen-bond acceptors (Lipinski definition) is 2. The van der Waals surface area contributed by atoms with E-state index < -0.39 is 5.38 Å². The summed E-state index contributed by atoms with van der Waals surface area (Å²) in [7, 11) is 0. The zero-order valence-corrected chi connectivity index (χ0v) is 11.4. The first kappa shape index (κ1) is 13.9. The molecule has 2 rings (SSSR count). The maximum absolute atomic E-state index is 11.8. The molecule has 1 aliphatic rings. The fourth-order valence-electron chi connectivity index (χ4n) is 2.10. The van der Waals surface area contributed by atoms with Crippen LogP contribution in [0.25, 0.3) is 0 Å². The van der Waals surface area contributed by atoms with Crippen molar-refractivity contribution in [1.29, 1.82) is 0 Å². The molecule has 0 saturated carbocycles. The first-order chi connectivity index (χ1) is 9.18. The average molecular weight is 281 g/mol. The van der Waals surface area contributed by atoms with E-state index in [1.54, 1.807) is 17.0 Å². The van der Waals surface area contributed by atoms with E-state index in [4.69, 9.17) is 11.6 Å². The van der Waals surface area contributed by atoms with E-state index in [2.05, 4.69) is 5.32 Å². The summed E-state index contributed by atoms with van der Waals surface area (Å²) >= 11 is 6.06. The molecule has 1 aromatic carbocycles. The lowest BCUT2D eigenvalue weighted by atomic mass is 10.1. The highest BCUT2D eigenvalue weighted by Crippen LogP contribution is 2.19. The van der Waals surface area contributed by atoms with E-state index in [1.807, 2.05) is 18.2 Å². The normalized spacial score (nSPS) is 16.2. The van der Waals surface area contributed by atoms with Gasteiger partial charge in [-0.3, -0.25) is 9.59 Å². The van der Waals surface area contributed by atoms with Gasteiger partial charge in [-0.1, -0.05) is 30.3 Å². The topological polar surface area (TPSA) is 49.4 Å². The standard InChI is InChI=1S/C14H17ClN2O2/c15-13(11-6-2-1-3-7-11)14(19)16-10-12(18)17-8-4-5-9-17/h1-3,6-7,13H,4-5,8-10H2,(H,16,19). The fraction of sp³-hybridized carbons (Fsp3) is 0.429. The summed E-state index contributed by atoms with van der Waals surface area (Å²) in [4.78, 5) is 25.4. The number of benzene rings is 1. The molecule has 1 unspecified atom stereocenters. The minimum Gasteiger partial charge on any atom is -0.345 e. The van der Waals surface area contributed by atoms with Crippen molar-refractivity contribution >= 4 is 23.4 Å². The van der Waals surface area contributed by atoms with Gasteiger partial charge in [-0.2, -0.15) is 0 Å². The number of alkyl halides is 1. The Kier molecular flexibility index (Phi) is 4.80. The van der Waals surface area contributed by atoms with Crippen LogP contribution in [0.2, 0.25) is 0 Å². The van der Waals surface area contributed by atoms with Gasteiger partial charge in [0.05, 0.1) is 6.54 Å². The van der Waals surface area contributed by atoms with Gasteiger partial charge in [0.25, 0.3) is 0 Å². The fourth-order valence-corrected chi connectivity index (χ4v) is 2.33. The predicted octanol–water partition coefficient (Wildman–Crippen LogP) is 1.71. The molecule has 1 fully saturated rings. The summed E-state index contributed by atoms with van der Waals surface area (Å²) in [5.74, 6) is -0.372. The lowest BCUT2D eigenvalue weighted by molar-refractivity contribution is -0.131. The zero-order chi connectivity index (χ0) is 13.7. The second-order valence-corrected chi connectivity index (χ2v) is 5.02. The third-order valence-corrected chi connectivity index (χ3v) is 3.65. The Morgan fingerprint density at radius 1 is 1.21 bits per heavy atom. The molecule has 1 saturated heterocycles. The molecule has 102 valence electrons. The molecule has 4 nitrogen and oxygen atoms in total. The molecule has 0 spiro atoms. The van der Waals surface area contributed by atoms with Crippen LogP contribution in [0.5, 0.6) is 0 Å². The van der Waals surface area contributed by atoms with Gasteiger partial charge in [0, 0.05) is 13.1 Å². The van der Waals surface area contributed by atoms with E-state index in [-0.39, 0.29) is 18.4 Å². The number of nitrogens with zero attached hydrogens (tertiary/aromatic N) is 1. The van der Waals surface area contributed by atoms with Crippen LogP contribution in [0, 0.1) is 0 Å². The third kappa shape index (κ3) is 3.70. The highest BCUT2D eigenvalue weighted by Gasteiger charge is 2.21. The monoisotopic (exact) mass is 280 g/mol. The molecule has 1 N–H and O–H groups in total. The molecule has 5 heteroatoms. The number of likely N-dealkylation sites (tertiary alicyclic amines) is 1. The number of rotatable bonds is 4. The number of carbonyl (C=O) groups excluding carboxylic acids is 2. The van der Waals surface area contributed by atoms with Gasteiger partial charge in [-0.05, 0) is 18.4 Å². The van der Waals surface area contributed by atoms with Crippen molar-refractivity contribution in [2.75, 3.05) is 19.6 Å². The smallest absolute Gasteiger partial charge is 0.243 e. The molecule has 0 aliphatic carbocycles. The van der Waals surface area contributed by atoms with E-state index in [0.717, 1.165) is 31.5 Å². The zero-order valence-electron chi connectivity index (χ0n) is 10.6. The molecule has 1 aromatic rings. The largest absolute Gasteiger partial charge is 0.345 e. The molecule has 2 amide bonds. The van der Waals surface area contributed by atoms with Gasteiger partial charge in [-0.25, -0.2) is 0 Å². The number of amides is 2. The molecule has 19 heavy (non-hydrogen) atoms. The van der Waals surface area contributed by atoms with Crippen molar-refractivity contribution in [3.05, 3.63) is 35.9 Å².